The van der Waals surface area contributed by atoms with Crippen molar-refractivity contribution in [3.63, 3.8) is 0 Å². The van der Waals surface area contributed by atoms with Crippen molar-refractivity contribution in [1.82, 2.24) is 14.4 Å². The minimum atomic E-state index is 0.966. The third kappa shape index (κ3) is 1.39. The van der Waals surface area contributed by atoms with Gasteiger partial charge in [0.05, 0.1) is 11.9 Å². The molecule has 0 saturated heterocycles. The van der Waals surface area contributed by atoms with Gasteiger partial charge in [0, 0.05) is 18.1 Å². The molecule has 0 N–H and O–H groups in total. The SMILES string of the molecule is CCCc1nc2cnccn2c1CC. The lowest BCUT2D eigenvalue weighted by atomic mass is 10.2. The average molecular weight is 189 g/mol. The summed E-state index contributed by atoms with van der Waals surface area (Å²) >= 11 is 0. The number of aryl methyl sites for hydroxylation is 2. The summed E-state index contributed by atoms with van der Waals surface area (Å²) in [5.41, 5.74) is 3.51. The first-order valence-corrected chi connectivity index (χ1v) is 5.16. The molecule has 0 saturated carbocycles. The van der Waals surface area contributed by atoms with Gasteiger partial charge >= 0.3 is 0 Å². The van der Waals surface area contributed by atoms with Crippen molar-refractivity contribution in [2.24, 2.45) is 0 Å². The smallest absolute Gasteiger partial charge is 0.155 e. The van der Waals surface area contributed by atoms with Gasteiger partial charge in [0.15, 0.2) is 5.65 Å². The number of aromatic nitrogens is 3. The van der Waals surface area contributed by atoms with Crippen LogP contribution in [0.5, 0.6) is 0 Å². The Labute approximate surface area is 83.8 Å². The minimum Gasteiger partial charge on any atom is -0.301 e. The molecule has 0 aromatic carbocycles. The highest BCUT2D eigenvalue weighted by molar-refractivity contribution is 5.40. The van der Waals surface area contributed by atoms with Crippen LogP contribution in [0.25, 0.3) is 5.65 Å². The molecule has 0 aliphatic carbocycles. The molecule has 2 rings (SSSR count). The topological polar surface area (TPSA) is 30.2 Å². The van der Waals surface area contributed by atoms with E-state index in [-0.39, 0.29) is 0 Å². The summed E-state index contributed by atoms with van der Waals surface area (Å²) in [5.74, 6) is 0. The van der Waals surface area contributed by atoms with Gasteiger partial charge in [-0.15, -0.1) is 0 Å². The molecule has 3 nitrogen and oxygen atoms in total. The van der Waals surface area contributed by atoms with Gasteiger partial charge in [0.25, 0.3) is 0 Å². The molecule has 0 spiro atoms. The number of fused-ring (bicyclic) bond motifs is 1. The van der Waals surface area contributed by atoms with E-state index in [1.165, 1.54) is 11.4 Å². The van der Waals surface area contributed by atoms with E-state index in [0.29, 0.717) is 0 Å². The zero-order valence-corrected chi connectivity index (χ0v) is 8.70. The quantitative estimate of drug-likeness (QED) is 0.741. The number of rotatable bonds is 3. The van der Waals surface area contributed by atoms with Gasteiger partial charge in [-0.3, -0.25) is 4.98 Å². The second-order valence-electron chi connectivity index (χ2n) is 3.41. The summed E-state index contributed by atoms with van der Waals surface area (Å²) in [6, 6.07) is 0. The molecule has 14 heavy (non-hydrogen) atoms. The van der Waals surface area contributed by atoms with Crippen molar-refractivity contribution in [2.45, 2.75) is 33.1 Å². The largest absolute Gasteiger partial charge is 0.301 e. The lowest BCUT2D eigenvalue weighted by molar-refractivity contribution is 0.859. The molecule has 0 unspecified atom stereocenters. The summed E-state index contributed by atoms with van der Waals surface area (Å²) in [6.07, 6.45) is 8.85. The molecule has 0 bridgehead atoms. The van der Waals surface area contributed by atoms with Crippen molar-refractivity contribution in [3.8, 4) is 0 Å². The van der Waals surface area contributed by atoms with Crippen LogP contribution in [0.4, 0.5) is 0 Å². The normalized spacial score (nSPS) is 11.0. The average Bonchev–Trinajstić information content (AvgIpc) is 2.55. The van der Waals surface area contributed by atoms with Gasteiger partial charge in [-0.1, -0.05) is 20.3 Å². The Kier molecular flexibility index (Phi) is 2.48. The number of hydrogen-bond acceptors (Lipinski definition) is 2. The fourth-order valence-corrected chi connectivity index (χ4v) is 1.82. The predicted molar refractivity (Wildman–Crippen MR) is 56.4 cm³/mol. The van der Waals surface area contributed by atoms with Crippen molar-refractivity contribution >= 4 is 5.65 Å². The molecule has 2 aromatic heterocycles. The highest BCUT2D eigenvalue weighted by Crippen LogP contribution is 2.13. The molecule has 2 heterocycles. The molecule has 0 radical (unpaired) electrons. The van der Waals surface area contributed by atoms with E-state index >= 15 is 0 Å². The van der Waals surface area contributed by atoms with Crippen LogP contribution < -0.4 is 0 Å². The summed E-state index contributed by atoms with van der Waals surface area (Å²) in [5, 5.41) is 0. The summed E-state index contributed by atoms with van der Waals surface area (Å²) in [4.78, 5) is 8.65. The van der Waals surface area contributed by atoms with Gasteiger partial charge in [-0.05, 0) is 12.8 Å². The van der Waals surface area contributed by atoms with Crippen molar-refractivity contribution in [3.05, 3.63) is 30.0 Å². The highest BCUT2D eigenvalue weighted by atomic mass is 15.0. The number of nitrogens with zero attached hydrogens (tertiary/aromatic N) is 3. The molecule has 3 heteroatoms. The third-order valence-electron chi connectivity index (χ3n) is 2.43. The van der Waals surface area contributed by atoms with Crippen LogP contribution in [-0.2, 0) is 12.8 Å². The zero-order valence-electron chi connectivity index (χ0n) is 8.70. The van der Waals surface area contributed by atoms with Crippen molar-refractivity contribution < 1.29 is 0 Å². The molecular weight excluding hydrogens is 174 g/mol. The molecule has 0 atom stereocenters. The van der Waals surface area contributed by atoms with E-state index in [9.17, 15) is 0 Å². The maximum absolute atomic E-state index is 4.57. The van der Waals surface area contributed by atoms with Crippen LogP contribution in [-0.4, -0.2) is 14.4 Å². The summed E-state index contributed by atoms with van der Waals surface area (Å²) in [6.45, 7) is 4.35. The second-order valence-corrected chi connectivity index (χ2v) is 3.41. The van der Waals surface area contributed by atoms with Crippen LogP contribution in [0.15, 0.2) is 18.6 Å². The van der Waals surface area contributed by atoms with Gasteiger partial charge in [0.2, 0.25) is 0 Å². The van der Waals surface area contributed by atoms with Crippen LogP contribution >= 0.6 is 0 Å². The Hall–Kier alpha value is -1.38. The standard InChI is InChI=1S/C11H15N3/c1-3-5-9-10(4-2)14-7-6-12-8-11(14)13-9/h6-8H,3-5H2,1-2H3. The van der Waals surface area contributed by atoms with E-state index in [4.69, 9.17) is 0 Å². The van der Waals surface area contributed by atoms with E-state index < -0.39 is 0 Å². The monoisotopic (exact) mass is 189 g/mol. The predicted octanol–water partition coefficient (Wildman–Crippen LogP) is 2.24. The lowest BCUT2D eigenvalue weighted by Gasteiger charge is -1.99. The van der Waals surface area contributed by atoms with Crippen LogP contribution in [0.3, 0.4) is 0 Å². The summed E-state index contributed by atoms with van der Waals surface area (Å²) < 4.78 is 2.14. The molecule has 0 fully saturated rings. The fraction of sp³-hybridized carbons (Fsp3) is 0.455. The van der Waals surface area contributed by atoms with Crippen molar-refractivity contribution in [1.29, 1.82) is 0 Å². The molecular formula is C11H15N3. The van der Waals surface area contributed by atoms with Crippen LogP contribution in [0.1, 0.15) is 31.7 Å². The Balaban J connectivity index is 2.60. The first kappa shape index (κ1) is 9.19. The first-order chi connectivity index (χ1) is 6.86. The second kappa shape index (κ2) is 3.78. The maximum atomic E-state index is 4.57. The van der Waals surface area contributed by atoms with Crippen LogP contribution in [0.2, 0.25) is 0 Å². The van der Waals surface area contributed by atoms with Gasteiger partial charge < -0.3 is 4.40 Å². The Bertz CT molecular complexity index is 431. The van der Waals surface area contributed by atoms with Gasteiger partial charge in [-0.25, -0.2) is 4.98 Å². The minimum absolute atomic E-state index is 0.966. The van der Waals surface area contributed by atoms with Gasteiger partial charge in [0.1, 0.15) is 0 Å². The Morgan fingerprint density at radius 2 is 2.21 bits per heavy atom. The molecule has 0 aliphatic heterocycles. The number of imidazole rings is 1. The molecule has 0 aliphatic rings. The highest BCUT2D eigenvalue weighted by Gasteiger charge is 2.08. The lowest BCUT2D eigenvalue weighted by Crippen LogP contribution is -1.94. The first-order valence-electron chi connectivity index (χ1n) is 5.16. The Morgan fingerprint density at radius 1 is 1.36 bits per heavy atom. The molecule has 74 valence electrons. The molecule has 2 aromatic rings. The van der Waals surface area contributed by atoms with Crippen LogP contribution in [0, 0.1) is 0 Å². The fourth-order valence-electron chi connectivity index (χ4n) is 1.82. The number of hydrogen-bond donors (Lipinski definition) is 0. The Morgan fingerprint density at radius 3 is 2.93 bits per heavy atom. The molecule has 0 amide bonds. The zero-order chi connectivity index (χ0) is 9.97. The van der Waals surface area contributed by atoms with E-state index in [1.54, 1.807) is 0 Å². The van der Waals surface area contributed by atoms with Gasteiger partial charge in [-0.2, -0.15) is 0 Å². The maximum Gasteiger partial charge on any atom is 0.155 e. The van der Waals surface area contributed by atoms with E-state index in [0.717, 1.165) is 24.9 Å². The van der Waals surface area contributed by atoms with E-state index in [1.807, 2.05) is 18.6 Å². The van der Waals surface area contributed by atoms with Crippen molar-refractivity contribution in [2.75, 3.05) is 0 Å². The summed E-state index contributed by atoms with van der Waals surface area (Å²) in [7, 11) is 0. The van der Waals surface area contributed by atoms with E-state index in [2.05, 4.69) is 28.2 Å². The third-order valence-corrected chi connectivity index (χ3v) is 2.43.